The van der Waals surface area contributed by atoms with E-state index in [9.17, 15) is 5.11 Å². The van der Waals surface area contributed by atoms with Crippen molar-refractivity contribution in [3.05, 3.63) is 58.7 Å². The number of hydrogen-bond donors (Lipinski definition) is 1. The topological polar surface area (TPSA) is 38.7 Å². The molecule has 0 aromatic heterocycles. The second-order valence-corrected chi connectivity index (χ2v) is 5.86. The molecule has 0 fully saturated rings. The molecule has 108 valence electrons. The Morgan fingerprint density at radius 3 is 2.86 bits per heavy atom. The van der Waals surface area contributed by atoms with Crippen molar-refractivity contribution in [1.82, 2.24) is 0 Å². The van der Waals surface area contributed by atoms with Crippen molar-refractivity contribution in [1.29, 1.82) is 0 Å². The second-order valence-electron chi connectivity index (χ2n) is 5.86. The molecule has 21 heavy (non-hydrogen) atoms. The number of aryl methyl sites for hydroxylation is 1. The highest BCUT2D eigenvalue weighted by Crippen LogP contribution is 2.42. The maximum Gasteiger partial charge on any atom is 0.127 e. The largest absolute Gasteiger partial charge is 0.493 e. The fraction of sp³-hybridized carbons (Fsp3) is 0.333. The maximum atomic E-state index is 10.4. The summed E-state index contributed by atoms with van der Waals surface area (Å²) in [7, 11) is 0. The molecule has 2 atom stereocenters. The summed E-state index contributed by atoms with van der Waals surface area (Å²) < 4.78 is 11.6. The van der Waals surface area contributed by atoms with E-state index in [-0.39, 0.29) is 6.10 Å². The molecule has 2 unspecified atom stereocenters. The maximum absolute atomic E-state index is 10.4. The predicted octanol–water partition coefficient (Wildman–Crippen LogP) is 3.49. The van der Waals surface area contributed by atoms with Crippen LogP contribution >= 0.6 is 0 Å². The molecular weight excluding hydrogens is 264 g/mol. The van der Waals surface area contributed by atoms with Crippen molar-refractivity contribution in [2.45, 2.75) is 32.0 Å². The van der Waals surface area contributed by atoms with E-state index in [1.807, 2.05) is 37.3 Å². The minimum Gasteiger partial charge on any atom is -0.493 e. The van der Waals surface area contributed by atoms with Gasteiger partial charge in [-0.25, -0.2) is 0 Å². The zero-order valence-corrected chi connectivity index (χ0v) is 12.0. The van der Waals surface area contributed by atoms with Crippen LogP contribution < -0.4 is 9.47 Å². The summed E-state index contributed by atoms with van der Waals surface area (Å²) in [6, 6.07) is 12.2. The van der Waals surface area contributed by atoms with E-state index in [2.05, 4.69) is 6.07 Å². The molecular formula is C18H18O3. The van der Waals surface area contributed by atoms with Crippen LogP contribution in [0.3, 0.4) is 0 Å². The average molecular weight is 282 g/mol. The van der Waals surface area contributed by atoms with Crippen LogP contribution in [0.15, 0.2) is 36.4 Å². The van der Waals surface area contributed by atoms with Gasteiger partial charge in [-0.3, -0.25) is 0 Å². The molecule has 2 aliphatic rings. The van der Waals surface area contributed by atoms with E-state index in [4.69, 9.17) is 9.47 Å². The van der Waals surface area contributed by atoms with Gasteiger partial charge in [-0.2, -0.15) is 0 Å². The highest BCUT2D eigenvalue weighted by molar-refractivity contribution is 5.44. The molecule has 0 saturated heterocycles. The smallest absolute Gasteiger partial charge is 0.127 e. The van der Waals surface area contributed by atoms with E-state index in [1.54, 1.807) is 0 Å². The number of hydrogen-bond acceptors (Lipinski definition) is 3. The quantitative estimate of drug-likeness (QED) is 0.870. The zero-order valence-electron chi connectivity index (χ0n) is 12.0. The first-order chi connectivity index (χ1) is 10.2. The molecule has 2 aromatic rings. The lowest BCUT2D eigenvalue weighted by Gasteiger charge is -2.30. The molecule has 2 aromatic carbocycles. The molecule has 3 nitrogen and oxygen atoms in total. The van der Waals surface area contributed by atoms with E-state index in [0.717, 1.165) is 41.2 Å². The monoisotopic (exact) mass is 282 g/mol. The van der Waals surface area contributed by atoms with Gasteiger partial charge in [0.25, 0.3) is 0 Å². The summed E-state index contributed by atoms with van der Waals surface area (Å²) >= 11 is 0. The summed E-state index contributed by atoms with van der Waals surface area (Å²) in [5, 5.41) is 10.4. The number of benzene rings is 2. The van der Waals surface area contributed by atoms with Gasteiger partial charge in [0.1, 0.15) is 17.6 Å². The highest BCUT2D eigenvalue weighted by atomic mass is 16.5. The Balaban J connectivity index is 1.67. The lowest BCUT2D eigenvalue weighted by Crippen LogP contribution is -2.19. The highest BCUT2D eigenvalue weighted by Gasteiger charge is 2.28. The van der Waals surface area contributed by atoms with Crippen LogP contribution in [0.5, 0.6) is 11.5 Å². The van der Waals surface area contributed by atoms with E-state index in [1.165, 1.54) is 5.56 Å². The van der Waals surface area contributed by atoms with E-state index in [0.29, 0.717) is 6.42 Å². The molecule has 0 saturated carbocycles. The van der Waals surface area contributed by atoms with Crippen LogP contribution in [-0.4, -0.2) is 11.7 Å². The second kappa shape index (κ2) is 4.78. The van der Waals surface area contributed by atoms with Gasteiger partial charge in [-0.05, 0) is 42.3 Å². The standard InChI is InChI=1S/C18H18O3/c1-11-2-4-17-14(8-11)15(19)10-18(21-17)12-3-5-16-13(9-12)6-7-20-16/h2-5,8-9,15,18-19H,6-7,10H2,1H3. The van der Waals surface area contributed by atoms with Crippen molar-refractivity contribution < 1.29 is 14.6 Å². The molecule has 2 aliphatic heterocycles. The van der Waals surface area contributed by atoms with Gasteiger partial charge < -0.3 is 14.6 Å². The third-order valence-corrected chi connectivity index (χ3v) is 4.32. The number of aliphatic hydroxyl groups excluding tert-OH is 1. The van der Waals surface area contributed by atoms with Crippen molar-refractivity contribution in [3.8, 4) is 11.5 Å². The van der Waals surface area contributed by atoms with Crippen LogP contribution in [0.25, 0.3) is 0 Å². The Labute approximate surface area is 124 Å². The molecule has 3 heteroatoms. The van der Waals surface area contributed by atoms with Crippen LogP contribution in [0, 0.1) is 6.92 Å². The Bertz CT molecular complexity index is 693. The van der Waals surface area contributed by atoms with Crippen LogP contribution in [0.4, 0.5) is 0 Å². The van der Waals surface area contributed by atoms with Crippen molar-refractivity contribution >= 4 is 0 Å². The molecule has 4 rings (SSSR count). The average Bonchev–Trinajstić information content (AvgIpc) is 2.95. The fourth-order valence-electron chi connectivity index (χ4n) is 3.18. The van der Waals surface area contributed by atoms with E-state index < -0.39 is 6.10 Å². The number of aliphatic hydroxyl groups is 1. The summed E-state index contributed by atoms with van der Waals surface area (Å²) in [6.07, 6.45) is 0.980. The van der Waals surface area contributed by atoms with Crippen molar-refractivity contribution in [3.63, 3.8) is 0 Å². The molecule has 1 N–H and O–H groups in total. The third kappa shape index (κ3) is 2.18. The van der Waals surface area contributed by atoms with Gasteiger partial charge in [0, 0.05) is 18.4 Å². The first kappa shape index (κ1) is 12.7. The molecule has 0 spiro atoms. The lowest BCUT2D eigenvalue weighted by molar-refractivity contribution is 0.0656. The summed E-state index contributed by atoms with van der Waals surface area (Å²) in [6.45, 7) is 2.79. The van der Waals surface area contributed by atoms with Gasteiger partial charge in [0.2, 0.25) is 0 Å². The van der Waals surface area contributed by atoms with Gasteiger partial charge in [-0.15, -0.1) is 0 Å². The molecule has 0 aliphatic carbocycles. The normalized spacial score (nSPS) is 23.0. The van der Waals surface area contributed by atoms with E-state index >= 15 is 0 Å². The van der Waals surface area contributed by atoms with Crippen LogP contribution in [0.2, 0.25) is 0 Å². The Morgan fingerprint density at radius 2 is 1.95 bits per heavy atom. The van der Waals surface area contributed by atoms with Gasteiger partial charge in [-0.1, -0.05) is 17.7 Å². The summed E-state index contributed by atoms with van der Waals surface area (Å²) in [4.78, 5) is 0. The molecule has 0 amide bonds. The Kier molecular flexibility index (Phi) is 2.89. The van der Waals surface area contributed by atoms with Crippen LogP contribution in [-0.2, 0) is 6.42 Å². The minimum absolute atomic E-state index is 0.0962. The third-order valence-electron chi connectivity index (χ3n) is 4.32. The van der Waals surface area contributed by atoms with Gasteiger partial charge in [0.05, 0.1) is 12.7 Å². The first-order valence-corrected chi connectivity index (χ1v) is 7.41. The SMILES string of the molecule is Cc1ccc2c(c1)C(O)CC(c1ccc3c(c1)CCO3)O2. The Morgan fingerprint density at radius 1 is 1.10 bits per heavy atom. The minimum atomic E-state index is -0.469. The Hall–Kier alpha value is -2.00. The zero-order chi connectivity index (χ0) is 14.4. The lowest BCUT2D eigenvalue weighted by atomic mass is 9.93. The predicted molar refractivity (Wildman–Crippen MR) is 79.8 cm³/mol. The number of ether oxygens (including phenoxy) is 2. The molecule has 0 bridgehead atoms. The van der Waals surface area contributed by atoms with Crippen molar-refractivity contribution in [2.75, 3.05) is 6.61 Å². The first-order valence-electron chi connectivity index (χ1n) is 7.41. The van der Waals surface area contributed by atoms with Crippen molar-refractivity contribution in [2.24, 2.45) is 0 Å². The summed E-state index contributed by atoms with van der Waals surface area (Å²) in [5.74, 6) is 1.77. The van der Waals surface area contributed by atoms with Crippen LogP contribution in [0.1, 0.15) is 40.9 Å². The fourth-order valence-corrected chi connectivity index (χ4v) is 3.18. The van der Waals surface area contributed by atoms with Gasteiger partial charge >= 0.3 is 0 Å². The summed E-state index contributed by atoms with van der Waals surface area (Å²) in [5.41, 5.74) is 4.39. The van der Waals surface area contributed by atoms with Gasteiger partial charge in [0.15, 0.2) is 0 Å². The molecule has 2 heterocycles. The number of fused-ring (bicyclic) bond motifs is 2. The number of rotatable bonds is 1. The molecule has 0 radical (unpaired) electrons.